The first-order valence-corrected chi connectivity index (χ1v) is 14.1. The van der Waals surface area contributed by atoms with E-state index in [9.17, 15) is 31.9 Å². The lowest BCUT2D eigenvalue weighted by Gasteiger charge is -2.48. The number of rotatable bonds is 9. The minimum Gasteiger partial charge on any atom is -0.496 e. The van der Waals surface area contributed by atoms with E-state index in [1.807, 2.05) is 0 Å². The summed E-state index contributed by atoms with van der Waals surface area (Å²) in [5.41, 5.74) is 0.936. The van der Waals surface area contributed by atoms with Crippen molar-refractivity contribution in [1.82, 2.24) is 4.90 Å². The van der Waals surface area contributed by atoms with Gasteiger partial charge in [-0.25, -0.2) is 4.39 Å². The molecule has 226 valence electrons. The number of anilines is 1. The zero-order valence-electron chi connectivity index (χ0n) is 23.3. The maximum absolute atomic E-state index is 14.8. The number of fused-ring (bicyclic) bond motifs is 2. The van der Waals surface area contributed by atoms with Gasteiger partial charge in [-0.2, -0.15) is 0 Å². The fourth-order valence-corrected chi connectivity index (χ4v) is 6.35. The lowest BCUT2D eigenvalue weighted by molar-refractivity contribution is -0.274. The highest BCUT2D eigenvalue weighted by Crippen LogP contribution is 2.53. The van der Waals surface area contributed by atoms with Crippen LogP contribution in [0.3, 0.4) is 0 Å². The highest BCUT2D eigenvalue weighted by Gasteiger charge is 2.51. The molecule has 1 aliphatic heterocycles. The summed E-state index contributed by atoms with van der Waals surface area (Å²) < 4.78 is 67.4. The predicted molar refractivity (Wildman–Crippen MR) is 142 cm³/mol. The molecule has 5 rings (SSSR count). The second kappa shape index (κ2) is 11.8. The first-order chi connectivity index (χ1) is 20.0. The van der Waals surface area contributed by atoms with Crippen LogP contribution in [-0.2, 0) is 14.3 Å². The second-order valence-electron chi connectivity index (χ2n) is 10.7. The Balaban J connectivity index is 1.53. The minimum absolute atomic E-state index is 0.0240. The molecular weight excluding hydrogens is 560 g/mol. The molecule has 12 heteroatoms. The molecule has 0 unspecified atom stereocenters. The third-order valence-electron chi connectivity index (χ3n) is 8.07. The molecule has 2 amide bonds. The van der Waals surface area contributed by atoms with Crippen LogP contribution in [0.4, 0.5) is 23.2 Å². The number of methoxy groups -OCH3 is 1. The zero-order valence-corrected chi connectivity index (χ0v) is 23.3. The molecule has 3 aliphatic rings. The zero-order chi connectivity index (χ0) is 30.2. The number of hydrogen-bond acceptors (Lipinski definition) is 6. The van der Waals surface area contributed by atoms with Gasteiger partial charge in [0.2, 0.25) is 5.91 Å². The molecule has 2 aromatic carbocycles. The summed E-state index contributed by atoms with van der Waals surface area (Å²) in [6.07, 6.45) is -1.39. The van der Waals surface area contributed by atoms with E-state index in [1.165, 1.54) is 31.4 Å². The first-order valence-electron chi connectivity index (χ1n) is 14.1. The van der Waals surface area contributed by atoms with E-state index in [0.717, 1.165) is 31.4 Å². The monoisotopic (exact) mass is 592 g/mol. The standard InChI is InChI=1S/C30H32F4N2O6/c1-3-41-27(38)14-13-26(37)35(18-8-9-18)28-20-5-4-6-23(20)36(24-12-7-17(31)15-22(24)28)29(39)21-11-10-19(16-25(21)40-2)42-30(32,33)34/h7,10-12,15-16,18,20,23,28H,3-6,8-9,13-14H2,1-2H3/t20-,23+,28-/m1/s1. The Morgan fingerprint density at radius 2 is 1.79 bits per heavy atom. The maximum atomic E-state index is 14.8. The van der Waals surface area contributed by atoms with Crippen LogP contribution in [0.1, 0.15) is 73.8 Å². The molecule has 0 bridgehead atoms. The van der Waals surface area contributed by atoms with Gasteiger partial charge < -0.3 is 24.0 Å². The van der Waals surface area contributed by atoms with Crippen molar-refractivity contribution in [3.8, 4) is 11.5 Å². The molecule has 2 aliphatic carbocycles. The van der Waals surface area contributed by atoms with Crippen molar-refractivity contribution >= 4 is 23.5 Å². The SMILES string of the molecule is CCOC(=O)CCC(=O)N(C1CC1)[C@H]1c2cc(F)ccc2N(C(=O)c2ccc(OC(F)(F)F)cc2OC)[C@H]2CCC[C@H]21. The van der Waals surface area contributed by atoms with Crippen molar-refractivity contribution in [3.05, 3.63) is 53.3 Å². The molecule has 0 spiro atoms. The molecule has 3 atom stereocenters. The third kappa shape index (κ3) is 6.03. The van der Waals surface area contributed by atoms with Gasteiger partial charge in [0.1, 0.15) is 17.3 Å². The van der Waals surface area contributed by atoms with Crippen molar-refractivity contribution in [2.45, 2.75) is 76.4 Å². The number of ether oxygens (including phenoxy) is 3. The molecule has 2 fully saturated rings. The third-order valence-corrected chi connectivity index (χ3v) is 8.07. The largest absolute Gasteiger partial charge is 0.573 e. The summed E-state index contributed by atoms with van der Waals surface area (Å²) in [5.74, 6) is -2.57. The normalized spacial score (nSPS) is 21.3. The maximum Gasteiger partial charge on any atom is 0.573 e. The average molecular weight is 593 g/mol. The Morgan fingerprint density at radius 1 is 1.02 bits per heavy atom. The number of esters is 1. The van der Waals surface area contributed by atoms with Crippen LogP contribution in [0.5, 0.6) is 11.5 Å². The van der Waals surface area contributed by atoms with Crippen LogP contribution in [0.2, 0.25) is 0 Å². The number of carbonyl (C=O) groups is 3. The number of alkyl halides is 3. The number of carbonyl (C=O) groups excluding carboxylic acids is 3. The summed E-state index contributed by atoms with van der Waals surface area (Å²) in [6.45, 7) is 1.91. The molecule has 0 N–H and O–H groups in total. The molecule has 1 heterocycles. The van der Waals surface area contributed by atoms with Crippen molar-refractivity contribution in [2.24, 2.45) is 5.92 Å². The van der Waals surface area contributed by atoms with Gasteiger partial charge in [-0.3, -0.25) is 14.4 Å². The first kappa shape index (κ1) is 29.7. The van der Waals surface area contributed by atoms with E-state index < -0.39 is 35.8 Å². The Labute approximate surface area is 240 Å². The summed E-state index contributed by atoms with van der Waals surface area (Å²) in [4.78, 5) is 43.1. The summed E-state index contributed by atoms with van der Waals surface area (Å²) >= 11 is 0. The Bertz CT molecular complexity index is 1360. The Morgan fingerprint density at radius 3 is 2.45 bits per heavy atom. The van der Waals surface area contributed by atoms with E-state index in [1.54, 1.807) is 16.7 Å². The summed E-state index contributed by atoms with van der Waals surface area (Å²) in [7, 11) is 1.24. The van der Waals surface area contributed by atoms with Crippen molar-refractivity contribution in [3.63, 3.8) is 0 Å². The average Bonchev–Trinajstić information content (AvgIpc) is 3.66. The molecule has 0 aromatic heterocycles. The predicted octanol–water partition coefficient (Wildman–Crippen LogP) is 5.94. The number of nitrogens with zero attached hydrogens (tertiary/aromatic N) is 2. The minimum atomic E-state index is -4.92. The van der Waals surface area contributed by atoms with Crippen molar-refractivity contribution < 1.29 is 46.2 Å². The Hall–Kier alpha value is -3.83. The van der Waals surface area contributed by atoms with Crippen LogP contribution < -0.4 is 14.4 Å². The molecule has 2 saturated carbocycles. The van der Waals surface area contributed by atoms with Gasteiger partial charge in [0, 0.05) is 41.7 Å². The van der Waals surface area contributed by atoms with E-state index in [-0.39, 0.29) is 54.7 Å². The van der Waals surface area contributed by atoms with E-state index in [2.05, 4.69) is 4.74 Å². The molecule has 0 saturated heterocycles. The van der Waals surface area contributed by atoms with Gasteiger partial charge in [-0.1, -0.05) is 6.42 Å². The molecule has 42 heavy (non-hydrogen) atoms. The molecule has 8 nitrogen and oxygen atoms in total. The van der Waals surface area contributed by atoms with Crippen molar-refractivity contribution in [2.75, 3.05) is 18.6 Å². The van der Waals surface area contributed by atoms with Gasteiger partial charge in [-0.15, -0.1) is 13.2 Å². The summed E-state index contributed by atoms with van der Waals surface area (Å²) in [6, 6.07) is 6.46. The second-order valence-corrected chi connectivity index (χ2v) is 10.7. The Kier molecular flexibility index (Phi) is 8.34. The van der Waals surface area contributed by atoms with Crippen LogP contribution in [0, 0.1) is 11.7 Å². The van der Waals surface area contributed by atoms with Gasteiger partial charge in [0.05, 0.1) is 31.7 Å². The lowest BCUT2D eigenvalue weighted by atomic mass is 9.81. The van der Waals surface area contributed by atoms with Crippen LogP contribution in [0.25, 0.3) is 0 Å². The number of hydrogen-bond donors (Lipinski definition) is 0. The number of benzene rings is 2. The van der Waals surface area contributed by atoms with E-state index in [0.29, 0.717) is 24.1 Å². The van der Waals surface area contributed by atoms with Gasteiger partial charge in [-0.05, 0) is 62.9 Å². The van der Waals surface area contributed by atoms with Crippen LogP contribution in [0.15, 0.2) is 36.4 Å². The van der Waals surface area contributed by atoms with Gasteiger partial charge in [0.15, 0.2) is 0 Å². The number of halogens is 4. The van der Waals surface area contributed by atoms with Gasteiger partial charge >= 0.3 is 12.3 Å². The van der Waals surface area contributed by atoms with E-state index >= 15 is 0 Å². The lowest BCUT2D eigenvalue weighted by Crippen LogP contribution is -2.53. The fourth-order valence-electron chi connectivity index (χ4n) is 6.35. The summed E-state index contributed by atoms with van der Waals surface area (Å²) in [5, 5.41) is 0. The van der Waals surface area contributed by atoms with Crippen molar-refractivity contribution in [1.29, 1.82) is 0 Å². The quantitative estimate of drug-likeness (QED) is 0.265. The van der Waals surface area contributed by atoms with Crippen LogP contribution in [-0.4, -0.2) is 54.8 Å². The number of amides is 2. The molecule has 2 aromatic rings. The molecular formula is C30H32F4N2O6. The van der Waals surface area contributed by atoms with Crippen LogP contribution >= 0.6 is 0 Å². The highest BCUT2D eigenvalue weighted by atomic mass is 19.4. The molecule has 0 radical (unpaired) electrons. The topological polar surface area (TPSA) is 85.4 Å². The fraction of sp³-hybridized carbons (Fsp3) is 0.500. The highest BCUT2D eigenvalue weighted by molar-refractivity contribution is 6.09. The van der Waals surface area contributed by atoms with Gasteiger partial charge in [0.25, 0.3) is 5.91 Å². The smallest absolute Gasteiger partial charge is 0.496 e. The van der Waals surface area contributed by atoms with E-state index in [4.69, 9.17) is 9.47 Å².